The fourth-order valence-corrected chi connectivity index (χ4v) is 3.82. The van der Waals surface area contributed by atoms with Crippen LogP contribution in [0.2, 0.25) is 0 Å². The summed E-state index contributed by atoms with van der Waals surface area (Å²) in [7, 11) is 0. The number of hydrogen-bond donors (Lipinski definition) is 9. The lowest BCUT2D eigenvalue weighted by Crippen LogP contribution is -2.58. The molecule has 3 amide bonds. The van der Waals surface area contributed by atoms with E-state index in [4.69, 9.17) is 17.2 Å². The molecule has 40 heavy (non-hydrogen) atoms. The Hall–Kier alpha value is -4.47. The van der Waals surface area contributed by atoms with Crippen molar-refractivity contribution in [1.29, 1.82) is 0 Å². The van der Waals surface area contributed by atoms with Gasteiger partial charge in [0.15, 0.2) is 5.96 Å². The van der Waals surface area contributed by atoms with Gasteiger partial charge in [0.1, 0.15) is 18.1 Å². The fraction of sp³-hybridized carbons (Fsp3) is 0.542. The minimum Gasteiger partial charge on any atom is -0.480 e. The second kappa shape index (κ2) is 15.8. The van der Waals surface area contributed by atoms with Crippen molar-refractivity contribution in [3.8, 4) is 0 Å². The number of H-pyrrole nitrogens is 2. The monoisotopic (exact) mass is 561 g/mol. The standard InChI is InChI=1S/C24H39N11O5/c1-13(2)6-17(33-20(36)16(25)4-3-5-30-24(26)27)21(37)34-18(7-14-9-28-11-31-14)22(38)35-19(23(39)40)8-15-10-29-12-32-15/h9-13,16-19H,3-8,25H2,1-2H3,(H,28,31)(H,29,32)(H,33,36)(H,34,37)(H,35,38)(H,39,40)(H4,26,27,30). The summed E-state index contributed by atoms with van der Waals surface area (Å²) in [6.07, 6.45) is 6.74. The molecule has 0 aliphatic carbocycles. The molecule has 0 spiro atoms. The molecule has 0 aliphatic rings. The molecule has 0 aliphatic heterocycles. The lowest BCUT2D eigenvalue weighted by atomic mass is 10.0. The first-order valence-corrected chi connectivity index (χ1v) is 12.9. The highest BCUT2D eigenvalue weighted by atomic mass is 16.4. The number of aromatic amines is 2. The zero-order valence-electron chi connectivity index (χ0n) is 22.6. The van der Waals surface area contributed by atoms with E-state index in [2.05, 4.69) is 40.9 Å². The minimum atomic E-state index is -1.28. The molecule has 220 valence electrons. The van der Waals surface area contributed by atoms with Crippen LogP contribution in [0.25, 0.3) is 0 Å². The summed E-state index contributed by atoms with van der Waals surface area (Å²) in [5.41, 5.74) is 17.6. The van der Waals surface area contributed by atoms with Crippen LogP contribution < -0.4 is 33.2 Å². The van der Waals surface area contributed by atoms with Gasteiger partial charge in [-0.15, -0.1) is 0 Å². The van der Waals surface area contributed by atoms with Crippen molar-refractivity contribution in [3.63, 3.8) is 0 Å². The number of hydrogen-bond acceptors (Lipinski definition) is 8. The predicted octanol–water partition coefficient (Wildman–Crippen LogP) is -2.12. The number of aliphatic carboxylic acids is 1. The molecule has 16 heteroatoms. The van der Waals surface area contributed by atoms with E-state index in [-0.39, 0.29) is 37.6 Å². The van der Waals surface area contributed by atoms with Crippen LogP contribution in [0.5, 0.6) is 0 Å². The Kier molecular flexibility index (Phi) is 12.6. The second-order valence-corrected chi connectivity index (χ2v) is 9.77. The van der Waals surface area contributed by atoms with Gasteiger partial charge in [0.05, 0.1) is 18.7 Å². The first kappa shape index (κ1) is 31.7. The Morgan fingerprint density at radius 3 is 1.93 bits per heavy atom. The van der Waals surface area contributed by atoms with E-state index in [1.807, 2.05) is 13.8 Å². The molecule has 4 unspecified atom stereocenters. The van der Waals surface area contributed by atoms with E-state index in [0.717, 1.165) is 0 Å². The van der Waals surface area contributed by atoms with Crippen LogP contribution in [0.3, 0.4) is 0 Å². The Labute approximate surface area is 231 Å². The van der Waals surface area contributed by atoms with Gasteiger partial charge in [0, 0.05) is 43.2 Å². The van der Waals surface area contributed by atoms with Crippen molar-refractivity contribution in [2.24, 2.45) is 28.1 Å². The highest BCUT2D eigenvalue weighted by Crippen LogP contribution is 2.09. The molecule has 16 nitrogen and oxygen atoms in total. The third-order valence-electron chi connectivity index (χ3n) is 5.85. The van der Waals surface area contributed by atoms with Crippen molar-refractivity contribution < 1.29 is 24.3 Å². The number of nitrogens with one attached hydrogen (secondary N) is 5. The largest absolute Gasteiger partial charge is 0.480 e. The van der Waals surface area contributed by atoms with Gasteiger partial charge in [-0.05, 0) is 25.2 Å². The molecule has 2 aromatic heterocycles. The number of imidazole rings is 2. The molecule has 0 bridgehead atoms. The maximum absolute atomic E-state index is 13.3. The van der Waals surface area contributed by atoms with Crippen LogP contribution in [0, 0.1) is 5.92 Å². The molecule has 0 saturated carbocycles. The Morgan fingerprint density at radius 1 is 0.900 bits per heavy atom. The van der Waals surface area contributed by atoms with Gasteiger partial charge in [0.25, 0.3) is 0 Å². The lowest BCUT2D eigenvalue weighted by Gasteiger charge is -2.26. The van der Waals surface area contributed by atoms with E-state index in [1.165, 1.54) is 25.0 Å². The van der Waals surface area contributed by atoms with E-state index in [1.54, 1.807) is 0 Å². The van der Waals surface area contributed by atoms with Gasteiger partial charge in [-0.25, -0.2) is 14.8 Å². The molecule has 0 radical (unpaired) electrons. The van der Waals surface area contributed by atoms with E-state index in [0.29, 0.717) is 24.4 Å². The minimum absolute atomic E-state index is 0.000616. The van der Waals surface area contributed by atoms with Gasteiger partial charge in [-0.3, -0.25) is 19.4 Å². The number of rotatable bonds is 17. The van der Waals surface area contributed by atoms with Gasteiger partial charge >= 0.3 is 5.97 Å². The Bertz CT molecular complexity index is 1110. The molecule has 4 atom stereocenters. The van der Waals surface area contributed by atoms with E-state index < -0.39 is 47.9 Å². The molecule has 0 fully saturated rings. The normalized spacial score (nSPS) is 14.0. The second-order valence-electron chi connectivity index (χ2n) is 9.77. The number of guanidine groups is 1. The van der Waals surface area contributed by atoms with Crippen LogP contribution in [0.1, 0.15) is 44.5 Å². The zero-order valence-corrected chi connectivity index (χ0v) is 22.6. The molecule has 0 aromatic carbocycles. The number of carboxylic acids is 1. The van der Waals surface area contributed by atoms with Crippen molar-refractivity contribution in [1.82, 2.24) is 35.9 Å². The molecular weight excluding hydrogens is 522 g/mol. The number of carbonyl (C=O) groups is 4. The van der Waals surface area contributed by atoms with Crippen molar-refractivity contribution in [2.45, 2.75) is 70.1 Å². The maximum atomic E-state index is 13.3. The number of aromatic nitrogens is 4. The maximum Gasteiger partial charge on any atom is 0.326 e. The van der Waals surface area contributed by atoms with Crippen molar-refractivity contribution >= 4 is 29.7 Å². The predicted molar refractivity (Wildman–Crippen MR) is 145 cm³/mol. The molecular formula is C24H39N11O5. The number of amides is 3. The molecule has 2 rings (SSSR count). The number of aliphatic imine (C=N–C) groups is 1. The highest BCUT2D eigenvalue weighted by molar-refractivity contribution is 5.94. The Balaban J connectivity index is 2.13. The topological polar surface area (TPSA) is 272 Å². The van der Waals surface area contributed by atoms with Crippen LogP contribution in [0.4, 0.5) is 0 Å². The van der Waals surface area contributed by atoms with Crippen molar-refractivity contribution in [3.05, 3.63) is 36.4 Å². The number of nitrogens with zero attached hydrogens (tertiary/aromatic N) is 3. The number of nitrogens with two attached hydrogens (primary N) is 3. The van der Waals surface area contributed by atoms with Crippen LogP contribution in [-0.4, -0.2) is 85.4 Å². The summed E-state index contributed by atoms with van der Waals surface area (Å²) in [4.78, 5) is 68.5. The summed E-state index contributed by atoms with van der Waals surface area (Å²) in [6.45, 7) is 4.06. The molecule has 12 N–H and O–H groups in total. The van der Waals surface area contributed by atoms with Gasteiger partial charge in [0.2, 0.25) is 17.7 Å². The zero-order chi connectivity index (χ0) is 29.7. The molecule has 2 heterocycles. The third kappa shape index (κ3) is 11.1. The van der Waals surface area contributed by atoms with E-state index >= 15 is 0 Å². The third-order valence-corrected chi connectivity index (χ3v) is 5.85. The summed E-state index contributed by atoms with van der Waals surface area (Å²) in [6, 6.07) is -4.35. The number of carbonyl (C=O) groups excluding carboxylic acids is 3. The average molecular weight is 562 g/mol. The highest BCUT2D eigenvalue weighted by Gasteiger charge is 2.31. The first-order valence-electron chi connectivity index (χ1n) is 12.9. The fourth-order valence-electron chi connectivity index (χ4n) is 3.82. The Morgan fingerprint density at radius 2 is 1.43 bits per heavy atom. The summed E-state index contributed by atoms with van der Waals surface area (Å²) in [5, 5.41) is 17.5. The van der Waals surface area contributed by atoms with Gasteiger partial charge < -0.3 is 48.2 Å². The van der Waals surface area contributed by atoms with Crippen LogP contribution in [0.15, 0.2) is 30.0 Å². The summed E-state index contributed by atoms with van der Waals surface area (Å²) < 4.78 is 0. The number of carboxylic acid groups (broad SMARTS) is 1. The van der Waals surface area contributed by atoms with E-state index in [9.17, 15) is 24.3 Å². The SMILES string of the molecule is CC(C)CC(NC(=O)C(N)CCCN=C(N)N)C(=O)NC(Cc1cnc[nH]1)C(=O)NC(Cc1cnc[nH]1)C(=O)O. The average Bonchev–Trinajstić information content (AvgIpc) is 3.59. The quantitative estimate of drug-likeness (QED) is 0.0575. The van der Waals surface area contributed by atoms with Crippen molar-refractivity contribution in [2.75, 3.05) is 6.54 Å². The first-order chi connectivity index (χ1) is 19.0. The molecule has 2 aromatic rings. The lowest BCUT2D eigenvalue weighted by molar-refractivity contribution is -0.142. The molecule has 0 saturated heterocycles. The summed E-state index contributed by atoms with van der Waals surface area (Å²) in [5.74, 6) is -3.18. The van der Waals surface area contributed by atoms with Crippen LogP contribution >= 0.6 is 0 Å². The smallest absolute Gasteiger partial charge is 0.326 e. The van der Waals surface area contributed by atoms with Crippen LogP contribution in [-0.2, 0) is 32.0 Å². The summed E-state index contributed by atoms with van der Waals surface area (Å²) >= 11 is 0. The van der Waals surface area contributed by atoms with Gasteiger partial charge in [-0.1, -0.05) is 13.8 Å². The van der Waals surface area contributed by atoms with Gasteiger partial charge in [-0.2, -0.15) is 0 Å².